The highest BCUT2D eigenvalue weighted by atomic mass is 16.7. The number of rotatable bonds is 12. The zero-order chi connectivity index (χ0) is 28.4. The van der Waals surface area contributed by atoms with E-state index in [2.05, 4.69) is 32.2 Å². The molecule has 37 heavy (non-hydrogen) atoms. The number of aliphatic carboxylic acids is 4. The van der Waals surface area contributed by atoms with Gasteiger partial charge >= 0.3 is 11.9 Å². The van der Waals surface area contributed by atoms with Crippen LogP contribution in [0.15, 0.2) is 42.5 Å². The summed E-state index contributed by atoms with van der Waals surface area (Å²) in [6.45, 7) is 14.5. The minimum Gasteiger partial charge on any atom is -0.545 e. The lowest BCUT2D eigenvalue weighted by Crippen LogP contribution is -3.14. The topological polar surface area (TPSA) is 194 Å². The van der Waals surface area contributed by atoms with Crippen molar-refractivity contribution in [3.05, 3.63) is 48.1 Å². The van der Waals surface area contributed by atoms with Crippen LogP contribution in [0.25, 0.3) is 0 Å². The second kappa shape index (κ2) is 17.5. The van der Waals surface area contributed by atoms with Gasteiger partial charge in [0.1, 0.15) is 13.1 Å². The second-order valence-corrected chi connectivity index (χ2v) is 8.09. The molecule has 0 amide bonds. The summed E-state index contributed by atoms with van der Waals surface area (Å²) in [6.07, 6.45) is 2.78. The fourth-order valence-electron chi connectivity index (χ4n) is 3.06. The molecule has 0 aromatic heterocycles. The number of benzene rings is 1. The molecule has 1 aliphatic rings. The number of ether oxygens (including phenoxy) is 2. The van der Waals surface area contributed by atoms with E-state index in [1.165, 1.54) is 31.7 Å². The van der Waals surface area contributed by atoms with Crippen LogP contribution in [0.3, 0.4) is 0 Å². The number of carbonyl (C=O) groups excluding carboxylic acids is 2. The molecular weight excluding hydrogens is 488 g/mol. The van der Waals surface area contributed by atoms with Gasteiger partial charge in [0, 0.05) is 19.1 Å². The first-order chi connectivity index (χ1) is 17.3. The normalized spacial score (nSPS) is 15.6. The highest BCUT2D eigenvalue weighted by Gasteiger charge is 2.36. The standard InChI is InChI=1S/C17H28N2O2.2C4H4O4/c1-5-19(6-2)12-11-18-10-9-17(4)20-15-8-7-14(3)13-16(15)21-17;2*5-3(6)1-2-4(7)8/h7-8,13,18H,5-6,9-12H2,1-4H3;2*1-2H,(H,5,6)(H,7,8)/b;2*2-1-. The van der Waals surface area contributed by atoms with Crippen LogP contribution >= 0.6 is 0 Å². The van der Waals surface area contributed by atoms with E-state index in [-0.39, 0.29) is 0 Å². The second-order valence-electron chi connectivity index (χ2n) is 8.09. The lowest BCUT2D eigenvalue weighted by molar-refractivity contribution is -0.909. The van der Waals surface area contributed by atoms with Gasteiger partial charge in [-0.25, -0.2) is 9.59 Å². The molecule has 1 unspecified atom stereocenters. The first-order valence-electron chi connectivity index (χ1n) is 11.7. The van der Waals surface area contributed by atoms with Crippen LogP contribution in [0, 0.1) is 6.92 Å². The van der Waals surface area contributed by atoms with Gasteiger partial charge in [-0.1, -0.05) is 6.07 Å². The molecule has 12 heteroatoms. The molecule has 0 bridgehead atoms. The predicted molar refractivity (Wildman–Crippen MR) is 128 cm³/mol. The number of hydrogen-bond donors (Lipinski definition) is 4. The number of carbonyl (C=O) groups is 4. The van der Waals surface area contributed by atoms with Gasteiger partial charge in [0.05, 0.1) is 38.0 Å². The molecule has 0 saturated carbocycles. The average molecular weight is 525 g/mol. The third kappa shape index (κ3) is 16.4. The molecule has 1 aromatic rings. The van der Waals surface area contributed by atoms with Crippen molar-refractivity contribution in [1.29, 1.82) is 0 Å². The Hall–Kier alpha value is -3.90. The van der Waals surface area contributed by atoms with Crippen molar-refractivity contribution < 1.29 is 59.3 Å². The molecule has 1 atom stereocenters. The minimum atomic E-state index is -1.51. The highest BCUT2D eigenvalue weighted by Crippen LogP contribution is 2.40. The number of likely N-dealkylation sites (N-methyl/N-ethyl adjacent to an activating group) is 1. The minimum absolute atomic E-state index is 0.447. The summed E-state index contributed by atoms with van der Waals surface area (Å²) in [5.41, 5.74) is 1.20. The number of nitrogens with two attached hydrogens (primary N) is 1. The van der Waals surface area contributed by atoms with Crippen molar-refractivity contribution in [1.82, 2.24) is 0 Å². The molecule has 0 fully saturated rings. The summed E-state index contributed by atoms with van der Waals surface area (Å²) in [5.74, 6) is -4.36. The average Bonchev–Trinajstić information content (AvgIpc) is 3.15. The zero-order valence-electron chi connectivity index (χ0n) is 21.5. The largest absolute Gasteiger partial charge is 0.545 e. The summed E-state index contributed by atoms with van der Waals surface area (Å²) < 4.78 is 12.0. The molecule has 2 rings (SSSR count). The first kappa shape index (κ1) is 33.1. The van der Waals surface area contributed by atoms with E-state index < -0.39 is 29.7 Å². The Kier molecular flexibility index (Phi) is 15.7. The van der Waals surface area contributed by atoms with Crippen LogP contribution in [0.5, 0.6) is 11.5 Å². The molecule has 5 N–H and O–H groups in total. The number of carboxylic acids is 4. The number of aryl methyl sites for hydroxylation is 1. The number of nitrogens with one attached hydrogen (secondary N) is 1. The highest BCUT2D eigenvalue weighted by molar-refractivity contribution is 5.89. The quantitative estimate of drug-likeness (QED) is 0.163. The van der Waals surface area contributed by atoms with Crippen LogP contribution in [0.4, 0.5) is 0 Å². The molecule has 1 aliphatic heterocycles. The molecule has 12 nitrogen and oxygen atoms in total. The smallest absolute Gasteiger partial charge is 0.328 e. The number of carboxylic acid groups (broad SMARTS) is 4. The monoisotopic (exact) mass is 524 g/mol. The summed E-state index contributed by atoms with van der Waals surface area (Å²) >= 11 is 0. The van der Waals surface area contributed by atoms with Crippen LogP contribution in [-0.2, 0) is 19.2 Å². The lowest BCUT2D eigenvalue weighted by Gasteiger charge is -2.22. The van der Waals surface area contributed by atoms with Crippen molar-refractivity contribution in [3.8, 4) is 11.5 Å². The Morgan fingerprint density at radius 2 is 1.43 bits per heavy atom. The predicted octanol–water partition coefficient (Wildman–Crippen LogP) is -2.89. The maximum Gasteiger partial charge on any atom is 0.328 e. The fourth-order valence-corrected chi connectivity index (χ4v) is 3.06. The van der Waals surface area contributed by atoms with Crippen LogP contribution < -0.4 is 29.9 Å². The summed E-state index contributed by atoms with van der Waals surface area (Å²) in [5, 5.41) is 36.8. The summed E-state index contributed by atoms with van der Waals surface area (Å²) in [4.78, 5) is 39.6. The van der Waals surface area contributed by atoms with Gasteiger partial charge in [0.15, 0.2) is 11.5 Å². The van der Waals surface area contributed by atoms with Gasteiger partial charge in [-0.15, -0.1) is 0 Å². The SMILES string of the molecule is CC[NH+](CC)CC[NH2+]CCC1(C)Oc2ccc(C)cc2O1.O=C([O-])/C=C\C(=O)O.O=C([O-])/C=C\C(=O)O. The maximum atomic E-state index is 9.53. The van der Waals surface area contributed by atoms with Crippen LogP contribution in [-0.4, -0.2) is 72.6 Å². The van der Waals surface area contributed by atoms with Gasteiger partial charge in [0.2, 0.25) is 0 Å². The van der Waals surface area contributed by atoms with E-state index in [1.54, 1.807) is 4.90 Å². The van der Waals surface area contributed by atoms with Crippen molar-refractivity contribution in [2.45, 2.75) is 39.9 Å². The number of hydrogen-bond acceptors (Lipinski definition) is 8. The van der Waals surface area contributed by atoms with Crippen LogP contribution in [0.2, 0.25) is 0 Å². The molecule has 0 saturated heterocycles. The Morgan fingerprint density at radius 1 is 0.919 bits per heavy atom. The van der Waals surface area contributed by atoms with Crippen LogP contribution in [0.1, 0.15) is 32.8 Å². The number of fused-ring (bicyclic) bond motifs is 1. The van der Waals surface area contributed by atoms with Gasteiger partial charge in [-0.05, 0) is 50.6 Å². The van der Waals surface area contributed by atoms with E-state index in [0.717, 1.165) is 24.5 Å². The van der Waals surface area contributed by atoms with Crippen molar-refractivity contribution in [2.75, 3.05) is 32.7 Å². The van der Waals surface area contributed by atoms with Gasteiger partial charge in [-0.2, -0.15) is 0 Å². The molecule has 1 aromatic carbocycles. The third-order valence-corrected chi connectivity index (χ3v) is 4.98. The summed E-state index contributed by atoms with van der Waals surface area (Å²) in [6, 6.07) is 6.12. The molecule has 1 heterocycles. The Labute approximate surface area is 215 Å². The zero-order valence-corrected chi connectivity index (χ0v) is 21.5. The van der Waals surface area contributed by atoms with Gasteiger partial charge < -0.3 is 49.7 Å². The van der Waals surface area contributed by atoms with E-state index in [1.807, 2.05) is 19.1 Å². The maximum absolute atomic E-state index is 9.53. The third-order valence-electron chi connectivity index (χ3n) is 4.98. The molecule has 0 aliphatic carbocycles. The molecule has 206 valence electrons. The van der Waals surface area contributed by atoms with Gasteiger partial charge in [0.25, 0.3) is 5.79 Å². The van der Waals surface area contributed by atoms with E-state index in [9.17, 15) is 29.4 Å². The fraction of sp³-hybridized carbons (Fsp3) is 0.440. The van der Waals surface area contributed by atoms with Crippen molar-refractivity contribution in [3.63, 3.8) is 0 Å². The van der Waals surface area contributed by atoms with Crippen molar-refractivity contribution >= 4 is 23.9 Å². The van der Waals surface area contributed by atoms with E-state index in [4.69, 9.17) is 19.7 Å². The molecule has 0 radical (unpaired) electrons. The van der Waals surface area contributed by atoms with Crippen molar-refractivity contribution in [2.24, 2.45) is 0 Å². The number of quaternary nitrogens is 2. The van der Waals surface area contributed by atoms with Gasteiger partial charge in [-0.3, -0.25) is 0 Å². The molecular formula is C25H36N2O10. The Balaban J connectivity index is 0.000000669. The Bertz CT molecular complexity index is 891. The first-order valence-corrected chi connectivity index (χ1v) is 11.7. The molecule has 0 spiro atoms. The van der Waals surface area contributed by atoms with E-state index in [0.29, 0.717) is 24.3 Å². The Morgan fingerprint density at radius 3 is 1.86 bits per heavy atom. The lowest BCUT2D eigenvalue weighted by atomic mass is 10.2. The van der Waals surface area contributed by atoms with E-state index >= 15 is 0 Å². The summed E-state index contributed by atoms with van der Waals surface area (Å²) in [7, 11) is 0.